The summed E-state index contributed by atoms with van der Waals surface area (Å²) in [5.74, 6) is -0.0585. The maximum absolute atomic E-state index is 12.1. The molecule has 0 spiro atoms. The number of nitrogens with one attached hydrogen (secondary N) is 2. The van der Waals surface area contributed by atoms with Crippen molar-refractivity contribution in [2.45, 2.75) is 11.8 Å². The first-order valence-corrected chi connectivity index (χ1v) is 9.93. The topological polar surface area (TPSA) is 84.5 Å². The van der Waals surface area contributed by atoms with E-state index in [0.717, 1.165) is 5.56 Å². The number of amides is 1. The summed E-state index contributed by atoms with van der Waals surface area (Å²) in [5.41, 5.74) is 0.969. The third kappa shape index (κ3) is 6.17. The standard InChI is InChI=1S/C17H18Cl2N2O4S/c1-12-2-5-14(6-3-12)26(23,24)21-9-8-20-17(22)11-25-16-7-4-13(18)10-15(16)19/h2-7,10,21H,8-9,11H2,1H3,(H,20,22). The van der Waals surface area contributed by atoms with Gasteiger partial charge in [-0.3, -0.25) is 4.79 Å². The Morgan fingerprint density at radius 2 is 1.77 bits per heavy atom. The Bertz CT molecular complexity index is 871. The van der Waals surface area contributed by atoms with Crippen LogP contribution in [0.4, 0.5) is 0 Å². The third-order valence-electron chi connectivity index (χ3n) is 3.32. The van der Waals surface area contributed by atoms with Crippen LogP contribution in [0.3, 0.4) is 0 Å². The highest BCUT2D eigenvalue weighted by molar-refractivity contribution is 7.89. The first kappa shape index (κ1) is 20.5. The molecule has 0 radical (unpaired) electrons. The number of sulfonamides is 1. The number of halogens is 2. The number of hydrogen-bond donors (Lipinski definition) is 2. The SMILES string of the molecule is Cc1ccc(S(=O)(=O)NCCNC(=O)COc2ccc(Cl)cc2Cl)cc1. The van der Waals surface area contributed by atoms with E-state index in [1.54, 1.807) is 24.3 Å². The van der Waals surface area contributed by atoms with E-state index in [0.29, 0.717) is 15.8 Å². The predicted octanol–water partition coefficient (Wildman–Crippen LogP) is 2.78. The number of hydrogen-bond acceptors (Lipinski definition) is 4. The molecule has 2 aromatic carbocycles. The van der Waals surface area contributed by atoms with Gasteiger partial charge in [0.2, 0.25) is 10.0 Å². The molecule has 0 saturated carbocycles. The molecule has 0 heterocycles. The summed E-state index contributed by atoms with van der Waals surface area (Å²) in [6, 6.07) is 11.2. The second kappa shape index (κ2) is 9.23. The van der Waals surface area contributed by atoms with Gasteiger partial charge in [0.15, 0.2) is 6.61 Å². The Morgan fingerprint density at radius 3 is 2.42 bits per heavy atom. The van der Waals surface area contributed by atoms with Crippen LogP contribution >= 0.6 is 23.2 Å². The van der Waals surface area contributed by atoms with Crippen LogP contribution in [-0.2, 0) is 14.8 Å². The van der Waals surface area contributed by atoms with Crippen LogP contribution in [-0.4, -0.2) is 34.0 Å². The lowest BCUT2D eigenvalue weighted by Gasteiger charge is -2.10. The van der Waals surface area contributed by atoms with Gasteiger partial charge in [-0.1, -0.05) is 40.9 Å². The van der Waals surface area contributed by atoms with Gasteiger partial charge in [-0.2, -0.15) is 0 Å². The van der Waals surface area contributed by atoms with Crippen molar-refractivity contribution < 1.29 is 17.9 Å². The molecule has 2 N–H and O–H groups in total. The van der Waals surface area contributed by atoms with E-state index in [2.05, 4.69) is 10.0 Å². The lowest BCUT2D eigenvalue weighted by Crippen LogP contribution is -2.36. The summed E-state index contributed by atoms with van der Waals surface area (Å²) in [5, 5.41) is 3.32. The van der Waals surface area contributed by atoms with Crippen LogP contribution in [0.15, 0.2) is 47.4 Å². The minimum atomic E-state index is -3.60. The second-order valence-electron chi connectivity index (χ2n) is 5.42. The van der Waals surface area contributed by atoms with E-state index in [-0.39, 0.29) is 24.6 Å². The Labute approximate surface area is 162 Å². The number of benzene rings is 2. The fraction of sp³-hybridized carbons (Fsp3) is 0.235. The average Bonchev–Trinajstić information content (AvgIpc) is 2.58. The van der Waals surface area contributed by atoms with Gasteiger partial charge < -0.3 is 10.1 Å². The van der Waals surface area contributed by atoms with Crippen molar-refractivity contribution in [3.05, 3.63) is 58.1 Å². The molecule has 0 unspecified atom stereocenters. The normalized spacial score (nSPS) is 11.2. The molecule has 2 rings (SSSR count). The van der Waals surface area contributed by atoms with E-state index < -0.39 is 15.9 Å². The van der Waals surface area contributed by atoms with Gasteiger partial charge in [0, 0.05) is 18.1 Å². The minimum Gasteiger partial charge on any atom is -0.482 e. The molecular formula is C17H18Cl2N2O4S. The smallest absolute Gasteiger partial charge is 0.257 e. The average molecular weight is 417 g/mol. The summed E-state index contributed by atoms with van der Waals surface area (Å²) in [6.45, 7) is 1.82. The van der Waals surface area contributed by atoms with Crippen LogP contribution in [0.25, 0.3) is 0 Å². The van der Waals surface area contributed by atoms with Crippen molar-refractivity contribution in [1.29, 1.82) is 0 Å². The molecule has 2 aromatic rings. The minimum absolute atomic E-state index is 0.0592. The van der Waals surface area contributed by atoms with E-state index in [9.17, 15) is 13.2 Å². The van der Waals surface area contributed by atoms with Crippen LogP contribution in [0.5, 0.6) is 5.75 Å². The van der Waals surface area contributed by atoms with Gasteiger partial charge in [-0.15, -0.1) is 0 Å². The van der Waals surface area contributed by atoms with Gasteiger partial charge in [0.1, 0.15) is 5.75 Å². The monoisotopic (exact) mass is 416 g/mol. The zero-order valence-corrected chi connectivity index (χ0v) is 16.3. The molecule has 1 amide bonds. The zero-order valence-electron chi connectivity index (χ0n) is 14.0. The molecule has 0 bridgehead atoms. The summed E-state index contributed by atoms with van der Waals surface area (Å²) in [4.78, 5) is 11.9. The highest BCUT2D eigenvalue weighted by Gasteiger charge is 2.13. The van der Waals surface area contributed by atoms with Crippen LogP contribution in [0.2, 0.25) is 10.0 Å². The Morgan fingerprint density at radius 1 is 1.08 bits per heavy atom. The van der Waals surface area contributed by atoms with Crippen LogP contribution in [0, 0.1) is 6.92 Å². The molecule has 0 aliphatic carbocycles. The first-order valence-electron chi connectivity index (χ1n) is 7.69. The van der Waals surface area contributed by atoms with Gasteiger partial charge in [-0.05, 0) is 37.3 Å². The molecule has 9 heteroatoms. The van der Waals surface area contributed by atoms with Crippen molar-refractivity contribution in [1.82, 2.24) is 10.0 Å². The lowest BCUT2D eigenvalue weighted by molar-refractivity contribution is -0.123. The quantitative estimate of drug-likeness (QED) is 0.647. The fourth-order valence-electron chi connectivity index (χ4n) is 1.97. The molecule has 0 aliphatic rings. The van der Waals surface area contributed by atoms with Crippen molar-refractivity contribution in [3.63, 3.8) is 0 Å². The van der Waals surface area contributed by atoms with E-state index in [4.69, 9.17) is 27.9 Å². The number of carbonyl (C=O) groups is 1. The third-order valence-corrected chi connectivity index (χ3v) is 5.33. The largest absolute Gasteiger partial charge is 0.482 e. The number of ether oxygens (including phenoxy) is 1. The zero-order chi connectivity index (χ0) is 19.2. The van der Waals surface area contributed by atoms with E-state index >= 15 is 0 Å². The number of aryl methyl sites for hydroxylation is 1. The number of carbonyl (C=O) groups excluding carboxylic acids is 1. The molecule has 0 aliphatic heterocycles. The van der Waals surface area contributed by atoms with Crippen molar-refractivity contribution in [3.8, 4) is 5.75 Å². The molecule has 0 aromatic heterocycles. The van der Waals surface area contributed by atoms with Gasteiger partial charge >= 0.3 is 0 Å². The van der Waals surface area contributed by atoms with Crippen molar-refractivity contribution >= 4 is 39.1 Å². The van der Waals surface area contributed by atoms with Crippen LogP contribution in [0.1, 0.15) is 5.56 Å². The van der Waals surface area contributed by atoms with E-state index in [1.807, 2.05) is 6.92 Å². The second-order valence-corrected chi connectivity index (χ2v) is 8.03. The fourth-order valence-corrected chi connectivity index (χ4v) is 3.47. The molecule has 0 atom stereocenters. The maximum atomic E-state index is 12.1. The molecule has 0 fully saturated rings. The molecule has 0 saturated heterocycles. The van der Waals surface area contributed by atoms with Gasteiger partial charge in [0.05, 0.1) is 9.92 Å². The highest BCUT2D eigenvalue weighted by Crippen LogP contribution is 2.27. The van der Waals surface area contributed by atoms with Gasteiger partial charge in [0.25, 0.3) is 5.91 Å². The van der Waals surface area contributed by atoms with Gasteiger partial charge in [-0.25, -0.2) is 13.1 Å². The Balaban J connectivity index is 1.73. The maximum Gasteiger partial charge on any atom is 0.257 e. The molecule has 140 valence electrons. The van der Waals surface area contributed by atoms with E-state index in [1.165, 1.54) is 18.2 Å². The molecular weight excluding hydrogens is 399 g/mol. The summed E-state index contributed by atoms with van der Waals surface area (Å²) in [7, 11) is -3.60. The Hall–Kier alpha value is -1.80. The predicted molar refractivity (Wildman–Crippen MR) is 101 cm³/mol. The van der Waals surface area contributed by atoms with Crippen LogP contribution < -0.4 is 14.8 Å². The van der Waals surface area contributed by atoms with Crippen molar-refractivity contribution in [2.75, 3.05) is 19.7 Å². The summed E-state index contributed by atoms with van der Waals surface area (Å²) >= 11 is 11.7. The molecule has 6 nitrogen and oxygen atoms in total. The lowest BCUT2D eigenvalue weighted by atomic mass is 10.2. The Kier molecular flexibility index (Phi) is 7.28. The summed E-state index contributed by atoms with van der Waals surface area (Å²) in [6.07, 6.45) is 0. The number of rotatable bonds is 8. The van der Waals surface area contributed by atoms with Crippen molar-refractivity contribution in [2.24, 2.45) is 0 Å². The highest BCUT2D eigenvalue weighted by atomic mass is 35.5. The summed E-state index contributed by atoms with van der Waals surface area (Å²) < 4.78 is 31.9. The molecule has 26 heavy (non-hydrogen) atoms. The first-order chi connectivity index (χ1) is 12.3.